The first-order chi connectivity index (χ1) is 16.6. The monoisotopic (exact) mass is 478 g/mol. The smallest absolute Gasteiger partial charge is 0.335 e. The Morgan fingerprint density at radius 1 is 0.771 bits per heavy atom. The van der Waals surface area contributed by atoms with Crippen molar-refractivity contribution in [1.29, 1.82) is 0 Å². The van der Waals surface area contributed by atoms with Crippen molar-refractivity contribution >= 4 is 11.9 Å². The Morgan fingerprint density at radius 2 is 1.17 bits per heavy atom. The Labute approximate surface area is 211 Å². The van der Waals surface area contributed by atoms with Crippen molar-refractivity contribution < 1.29 is 19.1 Å². The first-order valence-electron chi connectivity index (χ1n) is 13.6. The molecule has 0 radical (unpaired) electrons. The van der Waals surface area contributed by atoms with E-state index in [1.165, 1.54) is 11.1 Å². The second kappa shape index (κ2) is 9.59. The standard InChI is InChI=1S/C31H42O4/c1-7-21-13-17-30(9-3,18-14-21)34-27(32)25-23-11-12-24(29(23,5)6)26(25)28(33)35-31(10-4)19-15-22(8-2)16-20-31/h13-17,19,23-24H,7-12,18,20H2,1-6H3. The van der Waals surface area contributed by atoms with Crippen molar-refractivity contribution in [2.45, 2.75) is 104 Å². The predicted molar refractivity (Wildman–Crippen MR) is 140 cm³/mol. The molecule has 1 saturated carbocycles. The Morgan fingerprint density at radius 3 is 1.46 bits per heavy atom. The summed E-state index contributed by atoms with van der Waals surface area (Å²) in [5, 5.41) is 0. The van der Waals surface area contributed by atoms with Crippen LogP contribution in [0.25, 0.3) is 0 Å². The zero-order valence-corrected chi connectivity index (χ0v) is 22.4. The fourth-order valence-corrected chi connectivity index (χ4v) is 6.45. The quantitative estimate of drug-likeness (QED) is 0.343. The van der Waals surface area contributed by atoms with Crippen LogP contribution < -0.4 is 0 Å². The molecule has 35 heavy (non-hydrogen) atoms. The van der Waals surface area contributed by atoms with E-state index in [0.717, 1.165) is 25.7 Å². The van der Waals surface area contributed by atoms with Crippen molar-refractivity contribution in [2.75, 3.05) is 0 Å². The molecule has 1 fully saturated rings. The fraction of sp³-hybridized carbons (Fsp3) is 0.613. The molecule has 0 aromatic heterocycles. The lowest BCUT2D eigenvalue weighted by molar-refractivity contribution is -0.154. The molecule has 0 saturated heterocycles. The lowest BCUT2D eigenvalue weighted by Gasteiger charge is -2.33. The van der Waals surface area contributed by atoms with Gasteiger partial charge in [-0.25, -0.2) is 9.59 Å². The van der Waals surface area contributed by atoms with Gasteiger partial charge in [0.1, 0.15) is 11.2 Å². The van der Waals surface area contributed by atoms with Gasteiger partial charge in [0.2, 0.25) is 0 Å². The largest absolute Gasteiger partial charge is 0.451 e. The van der Waals surface area contributed by atoms with Gasteiger partial charge in [0.15, 0.2) is 0 Å². The van der Waals surface area contributed by atoms with Crippen LogP contribution in [0.3, 0.4) is 0 Å². The number of hydrogen-bond donors (Lipinski definition) is 0. The number of fused-ring (bicyclic) bond motifs is 2. The molecule has 2 bridgehead atoms. The molecule has 0 aromatic carbocycles. The molecule has 4 rings (SSSR count). The molecule has 190 valence electrons. The third-order valence-corrected chi connectivity index (χ3v) is 9.19. The van der Waals surface area contributed by atoms with Gasteiger partial charge in [-0.05, 0) is 67.9 Å². The van der Waals surface area contributed by atoms with Crippen LogP contribution in [-0.2, 0) is 19.1 Å². The maximum atomic E-state index is 13.8. The number of carbonyl (C=O) groups is 2. The summed E-state index contributed by atoms with van der Waals surface area (Å²) in [7, 11) is 0. The average molecular weight is 479 g/mol. The minimum absolute atomic E-state index is 0.0248. The summed E-state index contributed by atoms with van der Waals surface area (Å²) < 4.78 is 12.5. The summed E-state index contributed by atoms with van der Waals surface area (Å²) in [6.07, 6.45) is 19.1. The van der Waals surface area contributed by atoms with E-state index in [1.807, 2.05) is 12.2 Å². The van der Waals surface area contributed by atoms with Crippen molar-refractivity contribution in [1.82, 2.24) is 0 Å². The predicted octanol–water partition coefficient (Wildman–Crippen LogP) is 7.33. The Balaban J connectivity index is 1.63. The van der Waals surface area contributed by atoms with Crippen molar-refractivity contribution in [3.05, 3.63) is 58.7 Å². The summed E-state index contributed by atoms with van der Waals surface area (Å²) in [5.41, 5.74) is 2.21. The summed E-state index contributed by atoms with van der Waals surface area (Å²) in [5.74, 6) is -0.626. The molecule has 0 aromatic rings. The van der Waals surface area contributed by atoms with Crippen molar-refractivity contribution in [3.8, 4) is 0 Å². The zero-order chi connectivity index (χ0) is 25.4. The zero-order valence-electron chi connectivity index (χ0n) is 22.4. The molecule has 0 spiro atoms. The number of allylic oxidation sites excluding steroid dienone is 4. The molecule has 4 heteroatoms. The fourth-order valence-electron chi connectivity index (χ4n) is 6.45. The van der Waals surface area contributed by atoms with Gasteiger partial charge in [-0.15, -0.1) is 0 Å². The maximum absolute atomic E-state index is 13.8. The van der Waals surface area contributed by atoms with E-state index in [2.05, 4.69) is 65.8 Å². The van der Waals surface area contributed by atoms with Gasteiger partial charge >= 0.3 is 11.9 Å². The topological polar surface area (TPSA) is 52.6 Å². The van der Waals surface area contributed by atoms with Crippen LogP contribution in [0.2, 0.25) is 0 Å². The second-order valence-corrected chi connectivity index (χ2v) is 11.3. The van der Waals surface area contributed by atoms with Crippen LogP contribution in [0.4, 0.5) is 0 Å². The Kier molecular flexibility index (Phi) is 7.05. The van der Waals surface area contributed by atoms with Gasteiger partial charge in [-0.1, -0.05) is 77.0 Å². The van der Waals surface area contributed by atoms with Crippen LogP contribution in [0.5, 0.6) is 0 Å². The SMILES string of the molecule is CCC1=CCC(CC)(OC(=O)C2=C(C(=O)OC3(CC)C=CC(CC)=CC3)C3CCC2C3(C)C)C=C1. The maximum Gasteiger partial charge on any atom is 0.335 e. The van der Waals surface area contributed by atoms with E-state index >= 15 is 0 Å². The molecule has 0 aliphatic heterocycles. The second-order valence-electron chi connectivity index (χ2n) is 11.3. The van der Waals surface area contributed by atoms with E-state index in [9.17, 15) is 9.59 Å². The van der Waals surface area contributed by atoms with Crippen LogP contribution >= 0.6 is 0 Å². The van der Waals surface area contributed by atoms with Crippen molar-refractivity contribution in [2.24, 2.45) is 17.3 Å². The van der Waals surface area contributed by atoms with Gasteiger partial charge < -0.3 is 9.47 Å². The van der Waals surface area contributed by atoms with Crippen LogP contribution in [0.1, 0.15) is 92.9 Å². The van der Waals surface area contributed by atoms with E-state index in [0.29, 0.717) is 36.8 Å². The summed E-state index contributed by atoms with van der Waals surface area (Å²) in [4.78, 5) is 27.6. The number of esters is 2. The van der Waals surface area contributed by atoms with Gasteiger partial charge in [0, 0.05) is 12.8 Å². The minimum Gasteiger partial charge on any atom is -0.451 e. The molecule has 0 heterocycles. The molecule has 4 unspecified atom stereocenters. The van der Waals surface area contributed by atoms with E-state index < -0.39 is 11.2 Å². The van der Waals surface area contributed by atoms with Gasteiger partial charge in [-0.2, -0.15) is 0 Å². The van der Waals surface area contributed by atoms with Crippen LogP contribution in [0.15, 0.2) is 58.7 Å². The summed E-state index contributed by atoms with van der Waals surface area (Å²) >= 11 is 0. The Hall–Kier alpha value is -2.36. The normalized spacial score (nSPS) is 33.0. The molecule has 0 amide bonds. The highest BCUT2D eigenvalue weighted by Crippen LogP contribution is 2.61. The lowest BCUT2D eigenvalue weighted by Crippen LogP contribution is -2.37. The van der Waals surface area contributed by atoms with E-state index in [1.54, 1.807) is 0 Å². The van der Waals surface area contributed by atoms with Gasteiger partial charge in [0.05, 0.1) is 11.1 Å². The Bertz CT molecular complexity index is 956. The highest BCUT2D eigenvalue weighted by atomic mass is 16.6. The summed E-state index contributed by atoms with van der Waals surface area (Å²) in [6, 6.07) is 0. The number of hydrogen-bond acceptors (Lipinski definition) is 4. The first-order valence-corrected chi connectivity index (χ1v) is 13.6. The number of carbonyl (C=O) groups excluding carboxylic acids is 2. The molecular formula is C31H42O4. The molecule has 4 atom stereocenters. The molecule has 0 N–H and O–H groups in total. The molecule has 4 aliphatic carbocycles. The third-order valence-electron chi connectivity index (χ3n) is 9.19. The first kappa shape index (κ1) is 25.7. The van der Waals surface area contributed by atoms with E-state index in [-0.39, 0.29) is 29.2 Å². The van der Waals surface area contributed by atoms with Crippen molar-refractivity contribution in [3.63, 3.8) is 0 Å². The van der Waals surface area contributed by atoms with Gasteiger partial charge in [0.25, 0.3) is 0 Å². The molecule has 4 aliphatic rings. The third kappa shape index (κ3) is 4.49. The molecular weight excluding hydrogens is 436 g/mol. The minimum atomic E-state index is -0.651. The lowest BCUT2D eigenvalue weighted by atomic mass is 9.78. The highest BCUT2D eigenvalue weighted by Gasteiger charge is 2.58. The summed E-state index contributed by atoms with van der Waals surface area (Å²) in [6.45, 7) is 12.7. The van der Waals surface area contributed by atoms with Crippen LogP contribution in [-0.4, -0.2) is 23.1 Å². The number of ether oxygens (including phenoxy) is 2. The molecule has 4 nitrogen and oxygen atoms in total. The van der Waals surface area contributed by atoms with E-state index in [4.69, 9.17) is 9.47 Å². The van der Waals surface area contributed by atoms with Crippen LogP contribution in [0, 0.1) is 17.3 Å². The number of rotatable bonds is 8. The highest BCUT2D eigenvalue weighted by molar-refractivity contribution is 6.03. The average Bonchev–Trinajstić information content (AvgIpc) is 3.29. The van der Waals surface area contributed by atoms with Gasteiger partial charge in [-0.3, -0.25) is 0 Å².